The first-order valence-electron chi connectivity index (χ1n) is 11.1. The third kappa shape index (κ3) is 5.76. The molecule has 172 valence electrons. The van der Waals surface area contributed by atoms with E-state index in [1.165, 1.54) is 16.2 Å². The standard InChI is InChI=1S/C23H30N4O3S2/c1-4-6-7-11-24-20-17(21(28)27-15-16(3)9-10-19(27)25-20)14-18-22(29)26(23(31)32-18)12-8-13-30-5-2/h9-10,14-15,24H,4-8,11-13H2,1-3H3/b18-14+. The van der Waals surface area contributed by atoms with E-state index in [4.69, 9.17) is 17.0 Å². The zero-order chi connectivity index (χ0) is 23.1. The maximum Gasteiger partial charge on any atom is 0.267 e. The Hall–Kier alpha value is -2.23. The van der Waals surface area contributed by atoms with Crippen LogP contribution in [0.1, 0.15) is 50.7 Å². The Morgan fingerprint density at radius 3 is 2.78 bits per heavy atom. The van der Waals surface area contributed by atoms with Crippen LogP contribution in [0.2, 0.25) is 0 Å². The molecule has 0 atom stereocenters. The summed E-state index contributed by atoms with van der Waals surface area (Å²) >= 11 is 6.64. The van der Waals surface area contributed by atoms with Crippen molar-refractivity contribution >= 4 is 51.7 Å². The molecule has 1 N–H and O–H groups in total. The molecule has 3 heterocycles. The minimum atomic E-state index is -0.210. The zero-order valence-corrected chi connectivity index (χ0v) is 20.5. The molecule has 0 aromatic carbocycles. The van der Waals surface area contributed by atoms with Crippen molar-refractivity contribution in [3.8, 4) is 0 Å². The van der Waals surface area contributed by atoms with Gasteiger partial charge in [0.2, 0.25) is 0 Å². The normalized spacial score (nSPS) is 15.3. The quantitative estimate of drug-likeness (QED) is 0.297. The average Bonchev–Trinajstić information content (AvgIpc) is 3.04. The lowest BCUT2D eigenvalue weighted by Crippen LogP contribution is -2.29. The summed E-state index contributed by atoms with van der Waals surface area (Å²) in [6.07, 6.45) is 7.28. The maximum atomic E-state index is 13.3. The summed E-state index contributed by atoms with van der Waals surface area (Å²) < 4.78 is 7.39. The van der Waals surface area contributed by atoms with E-state index in [1.54, 1.807) is 17.2 Å². The van der Waals surface area contributed by atoms with E-state index in [0.717, 1.165) is 24.8 Å². The van der Waals surface area contributed by atoms with E-state index in [9.17, 15) is 9.59 Å². The van der Waals surface area contributed by atoms with Gasteiger partial charge in [-0.1, -0.05) is 49.8 Å². The van der Waals surface area contributed by atoms with Crippen LogP contribution in [-0.4, -0.2) is 50.8 Å². The fourth-order valence-electron chi connectivity index (χ4n) is 3.40. The number of nitrogens with zero attached hydrogens (tertiary/aromatic N) is 3. The van der Waals surface area contributed by atoms with Gasteiger partial charge in [-0.05, 0) is 44.4 Å². The molecular weight excluding hydrogens is 444 g/mol. The molecule has 0 radical (unpaired) electrons. The van der Waals surface area contributed by atoms with E-state index in [-0.39, 0.29) is 11.5 Å². The van der Waals surface area contributed by atoms with Crippen molar-refractivity contribution < 1.29 is 9.53 Å². The van der Waals surface area contributed by atoms with Gasteiger partial charge in [0.25, 0.3) is 11.5 Å². The minimum Gasteiger partial charge on any atom is -0.382 e. The predicted octanol–water partition coefficient (Wildman–Crippen LogP) is 4.23. The molecule has 0 saturated carbocycles. The molecule has 9 heteroatoms. The fraction of sp³-hybridized carbons (Fsp3) is 0.478. The second-order valence-corrected chi connectivity index (χ2v) is 9.31. The van der Waals surface area contributed by atoms with Crippen LogP contribution in [0.3, 0.4) is 0 Å². The molecule has 0 unspecified atom stereocenters. The number of hydrogen-bond acceptors (Lipinski definition) is 7. The number of nitrogens with one attached hydrogen (secondary N) is 1. The maximum absolute atomic E-state index is 13.3. The van der Waals surface area contributed by atoms with Crippen molar-refractivity contribution in [1.82, 2.24) is 14.3 Å². The Kier molecular flexibility index (Phi) is 8.84. The summed E-state index contributed by atoms with van der Waals surface area (Å²) in [5.74, 6) is 0.318. The van der Waals surface area contributed by atoms with Gasteiger partial charge < -0.3 is 10.1 Å². The number of hydrogen-bond donors (Lipinski definition) is 1. The Morgan fingerprint density at radius 2 is 2.03 bits per heavy atom. The lowest BCUT2D eigenvalue weighted by Gasteiger charge is -2.14. The van der Waals surface area contributed by atoms with Crippen LogP contribution < -0.4 is 10.9 Å². The second-order valence-electron chi connectivity index (χ2n) is 7.63. The SMILES string of the molecule is CCCCCNc1nc2ccc(C)cn2c(=O)c1/C=C1/SC(=S)N(CCCOCC)C1=O. The summed E-state index contributed by atoms with van der Waals surface area (Å²) in [7, 11) is 0. The number of rotatable bonds is 11. The molecule has 0 spiro atoms. The number of aromatic nitrogens is 2. The van der Waals surface area contributed by atoms with Crippen LogP contribution in [0.25, 0.3) is 11.7 Å². The summed E-state index contributed by atoms with van der Waals surface area (Å²) in [5, 5.41) is 3.30. The number of carbonyl (C=O) groups is 1. The van der Waals surface area contributed by atoms with Crippen molar-refractivity contribution in [2.24, 2.45) is 0 Å². The number of amides is 1. The van der Waals surface area contributed by atoms with Crippen LogP contribution in [0.5, 0.6) is 0 Å². The third-order valence-electron chi connectivity index (χ3n) is 5.10. The van der Waals surface area contributed by atoms with Gasteiger partial charge in [0.15, 0.2) is 0 Å². The van der Waals surface area contributed by atoms with Crippen molar-refractivity contribution in [3.63, 3.8) is 0 Å². The van der Waals surface area contributed by atoms with Crippen molar-refractivity contribution in [2.45, 2.75) is 46.5 Å². The van der Waals surface area contributed by atoms with E-state index in [1.807, 2.05) is 26.0 Å². The number of aryl methyl sites for hydroxylation is 1. The number of anilines is 1. The van der Waals surface area contributed by atoms with Gasteiger partial charge in [-0.15, -0.1) is 0 Å². The van der Waals surface area contributed by atoms with Crippen molar-refractivity contribution in [2.75, 3.05) is 31.6 Å². The average molecular weight is 475 g/mol. The van der Waals surface area contributed by atoms with Crippen LogP contribution in [0.15, 0.2) is 28.0 Å². The first-order chi connectivity index (χ1) is 15.5. The highest BCUT2D eigenvalue weighted by Crippen LogP contribution is 2.33. The van der Waals surface area contributed by atoms with Gasteiger partial charge in [0, 0.05) is 32.5 Å². The molecule has 0 aliphatic carbocycles. The molecule has 1 saturated heterocycles. The topological polar surface area (TPSA) is 75.9 Å². The van der Waals surface area contributed by atoms with Gasteiger partial charge in [0.1, 0.15) is 15.8 Å². The number of fused-ring (bicyclic) bond motifs is 1. The van der Waals surface area contributed by atoms with Crippen LogP contribution >= 0.6 is 24.0 Å². The summed E-state index contributed by atoms with van der Waals surface area (Å²) in [6, 6.07) is 3.76. The van der Waals surface area contributed by atoms with Gasteiger partial charge in [-0.2, -0.15) is 0 Å². The molecule has 2 aromatic rings. The molecule has 0 bridgehead atoms. The van der Waals surface area contributed by atoms with Gasteiger partial charge in [0.05, 0.1) is 10.5 Å². The second kappa shape index (κ2) is 11.6. The van der Waals surface area contributed by atoms with E-state index >= 15 is 0 Å². The number of ether oxygens (including phenoxy) is 1. The molecule has 1 fully saturated rings. The number of unbranched alkanes of at least 4 members (excludes halogenated alkanes) is 2. The van der Waals surface area contributed by atoms with Gasteiger partial charge in [-0.3, -0.25) is 18.9 Å². The lowest BCUT2D eigenvalue weighted by atomic mass is 10.2. The monoisotopic (exact) mass is 474 g/mol. The molecule has 1 aliphatic heterocycles. The Bertz CT molecular complexity index is 1080. The zero-order valence-electron chi connectivity index (χ0n) is 18.8. The first-order valence-corrected chi connectivity index (χ1v) is 12.3. The predicted molar refractivity (Wildman–Crippen MR) is 135 cm³/mol. The van der Waals surface area contributed by atoms with Gasteiger partial charge >= 0.3 is 0 Å². The smallest absolute Gasteiger partial charge is 0.267 e. The Labute approximate surface area is 198 Å². The van der Waals surface area contributed by atoms with Crippen molar-refractivity contribution in [3.05, 3.63) is 44.7 Å². The Morgan fingerprint density at radius 1 is 1.22 bits per heavy atom. The highest BCUT2D eigenvalue weighted by molar-refractivity contribution is 8.26. The van der Waals surface area contributed by atoms with Crippen LogP contribution in [0.4, 0.5) is 5.82 Å². The molecule has 1 aliphatic rings. The highest BCUT2D eigenvalue weighted by Gasteiger charge is 2.32. The number of thioether (sulfide) groups is 1. The lowest BCUT2D eigenvalue weighted by molar-refractivity contribution is -0.122. The fourth-order valence-corrected chi connectivity index (χ4v) is 4.69. The van der Waals surface area contributed by atoms with Crippen molar-refractivity contribution in [1.29, 1.82) is 0 Å². The summed E-state index contributed by atoms with van der Waals surface area (Å²) in [6.45, 7) is 8.44. The van der Waals surface area contributed by atoms with Gasteiger partial charge in [-0.25, -0.2) is 4.98 Å². The molecular formula is C23H30N4O3S2. The van der Waals surface area contributed by atoms with Crippen LogP contribution in [0, 0.1) is 6.92 Å². The van der Waals surface area contributed by atoms with E-state index < -0.39 is 0 Å². The summed E-state index contributed by atoms with van der Waals surface area (Å²) in [5.41, 5.74) is 1.69. The van der Waals surface area contributed by atoms with E-state index in [0.29, 0.717) is 59.0 Å². The third-order valence-corrected chi connectivity index (χ3v) is 6.48. The molecule has 2 aromatic heterocycles. The molecule has 1 amide bonds. The number of pyridine rings is 1. The number of thiocarbonyl (C=S) groups is 1. The summed E-state index contributed by atoms with van der Waals surface area (Å²) in [4.78, 5) is 33.0. The van der Waals surface area contributed by atoms with Crippen LogP contribution in [-0.2, 0) is 9.53 Å². The largest absolute Gasteiger partial charge is 0.382 e. The highest BCUT2D eigenvalue weighted by atomic mass is 32.2. The molecule has 7 nitrogen and oxygen atoms in total. The first kappa shape index (κ1) is 24.4. The minimum absolute atomic E-state index is 0.179. The Balaban J connectivity index is 1.94. The molecule has 32 heavy (non-hydrogen) atoms. The molecule has 3 rings (SSSR count). The van der Waals surface area contributed by atoms with E-state index in [2.05, 4.69) is 17.2 Å². The number of carbonyl (C=O) groups excluding carboxylic acids is 1.